The highest BCUT2D eigenvalue weighted by atomic mass is 32.2. The van der Waals surface area contributed by atoms with Gasteiger partial charge in [-0.2, -0.15) is 0 Å². The van der Waals surface area contributed by atoms with E-state index in [9.17, 15) is 4.79 Å². The van der Waals surface area contributed by atoms with Crippen LogP contribution in [0, 0.1) is 0 Å². The number of nitrogens with one attached hydrogen (secondary N) is 1. The molecule has 148 valence electrons. The van der Waals surface area contributed by atoms with Gasteiger partial charge < -0.3 is 5.32 Å². The van der Waals surface area contributed by atoms with Crippen molar-refractivity contribution >= 4 is 17.7 Å². The molecule has 2 fully saturated rings. The fraction of sp³-hybridized carbons (Fsp3) is 0.458. The zero-order valence-corrected chi connectivity index (χ0v) is 17.2. The molecule has 0 aliphatic carbocycles. The van der Waals surface area contributed by atoms with Crippen LogP contribution in [0.4, 0.5) is 0 Å². The number of carbonyl (C=O) groups is 1. The fourth-order valence-corrected chi connectivity index (χ4v) is 5.56. The topological polar surface area (TPSA) is 32.3 Å². The zero-order chi connectivity index (χ0) is 19.2. The van der Waals surface area contributed by atoms with Crippen LogP contribution in [0.1, 0.15) is 44.1 Å². The first-order valence-corrected chi connectivity index (χ1v) is 11.5. The van der Waals surface area contributed by atoms with Gasteiger partial charge >= 0.3 is 0 Å². The predicted molar refractivity (Wildman–Crippen MR) is 116 cm³/mol. The molecule has 1 N–H and O–H groups in total. The Morgan fingerprint density at radius 3 is 2.29 bits per heavy atom. The van der Waals surface area contributed by atoms with Crippen LogP contribution < -0.4 is 5.32 Å². The molecule has 3 nitrogen and oxygen atoms in total. The third kappa shape index (κ3) is 5.18. The van der Waals surface area contributed by atoms with Gasteiger partial charge in [-0.3, -0.25) is 9.69 Å². The van der Waals surface area contributed by atoms with E-state index in [2.05, 4.69) is 64.8 Å². The van der Waals surface area contributed by atoms with Crippen LogP contribution in [0.2, 0.25) is 0 Å². The Morgan fingerprint density at radius 1 is 0.964 bits per heavy atom. The molecule has 2 heterocycles. The summed E-state index contributed by atoms with van der Waals surface area (Å²) < 4.78 is 0. The molecule has 0 saturated carbocycles. The molecular weight excluding hydrogens is 364 g/mol. The lowest BCUT2D eigenvalue weighted by Gasteiger charge is -2.39. The predicted octanol–water partition coefficient (Wildman–Crippen LogP) is 4.87. The van der Waals surface area contributed by atoms with Gasteiger partial charge in [0.2, 0.25) is 5.91 Å². The fourth-order valence-electron chi connectivity index (χ4n) is 4.68. The monoisotopic (exact) mass is 394 g/mol. The Morgan fingerprint density at radius 2 is 1.61 bits per heavy atom. The van der Waals surface area contributed by atoms with E-state index in [1.165, 1.54) is 23.3 Å². The second-order valence-corrected chi connectivity index (χ2v) is 9.21. The minimum atomic E-state index is 0.231. The van der Waals surface area contributed by atoms with E-state index >= 15 is 0 Å². The van der Waals surface area contributed by atoms with Crippen LogP contribution in [0.5, 0.6) is 0 Å². The van der Waals surface area contributed by atoms with Crippen LogP contribution in [0.25, 0.3) is 0 Å². The maximum Gasteiger partial charge on any atom is 0.220 e. The Hall–Kier alpha value is -1.78. The Kier molecular flexibility index (Phi) is 6.71. The lowest BCUT2D eigenvalue weighted by Crippen LogP contribution is -2.49. The number of piperidine rings is 1. The Balaban J connectivity index is 1.19. The summed E-state index contributed by atoms with van der Waals surface area (Å²) in [5.74, 6) is 1.23. The number of nitrogens with zero attached hydrogens (tertiary/aromatic N) is 1. The lowest BCUT2D eigenvalue weighted by atomic mass is 9.96. The maximum absolute atomic E-state index is 12.4. The summed E-state index contributed by atoms with van der Waals surface area (Å²) >= 11 is 1.83. The van der Waals surface area contributed by atoms with Crippen LogP contribution in [0.15, 0.2) is 65.6 Å². The number of hydrogen-bond donors (Lipinski definition) is 1. The van der Waals surface area contributed by atoms with E-state index in [0.717, 1.165) is 31.6 Å². The third-order valence-electron chi connectivity index (χ3n) is 6.02. The molecule has 1 amide bonds. The van der Waals surface area contributed by atoms with Gasteiger partial charge in [-0.25, -0.2) is 0 Å². The van der Waals surface area contributed by atoms with Crippen molar-refractivity contribution in [2.24, 2.45) is 0 Å². The third-order valence-corrected chi connectivity index (χ3v) is 7.12. The number of rotatable bonds is 8. The van der Waals surface area contributed by atoms with Gasteiger partial charge in [0.15, 0.2) is 0 Å². The molecule has 2 saturated heterocycles. The number of amides is 1. The second kappa shape index (κ2) is 9.62. The van der Waals surface area contributed by atoms with Crippen molar-refractivity contribution in [3.63, 3.8) is 0 Å². The first-order chi connectivity index (χ1) is 13.8. The van der Waals surface area contributed by atoms with Gasteiger partial charge in [0.25, 0.3) is 0 Å². The summed E-state index contributed by atoms with van der Waals surface area (Å²) in [7, 11) is 0. The molecular formula is C24H30N2OS. The van der Waals surface area contributed by atoms with Crippen LogP contribution >= 0.6 is 11.8 Å². The number of carbonyl (C=O) groups excluding carboxylic acids is 1. The highest BCUT2D eigenvalue weighted by Crippen LogP contribution is 2.36. The van der Waals surface area contributed by atoms with Crippen molar-refractivity contribution < 1.29 is 4.79 Å². The van der Waals surface area contributed by atoms with Crippen molar-refractivity contribution in [1.82, 2.24) is 10.2 Å². The number of thioether (sulfide) groups is 1. The molecule has 4 rings (SSSR count). The smallest absolute Gasteiger partial charge is 0.220 e. The van der Waals surface area contributed by atoms with Gasteiger partial charge in [0, 0.05) is 36.0 Å². The SMILES string of the molecule is O=C(CCCSc1ccccc1)NC1CC2CCC(C1)N2Cc1ccccc1. The first kappa shape index (κ1) is 19.5. The van der Waals surface area contributed by atoms with Crippen LogP contribution in [0.3, 0.4) is 0 Å². The summed E-state index contributed by atoms with van der Waals surface area (Å²) in [6.45, 7) is 1.05. The minimum Gasteiger partial charge on any atom is -0.353 e. The van der Waals surface area contributed by atoms with Crippen molar-refractivity contribution in [3.8, 4) is 0 Å². The van der Waals surface area contributed by atoms with E-state index in [-0.39, 0.29) is 5.91 Å². The Labute approximate surface area is 172 Å². The second-order valence-electron chi connectivity index (χ2n) is 8.04. The summed E-state index contributed by atoms with van der Waals surface area (Å²) in [5.41, 5.74) is 1.40. The molecule has 0 radical (unpaired) electrons. The van der Waals surface area contributed by atoms with Gasteiger partial charge in [-0.05, 0) is 55.6 Å². The van der Waals surface area contributed by atoms with Gasteiger partial charge in [-0.15, -0.1) is 11.8 Å². The van der Waals surface area contributed by atoms with Gasteiger partial charge in [-0.1, -0.05) is 48.5 Å². The number of hydrogen-bond acceptors (Lipinski definition) is 3. The molecule has 28 heavy (non-hydrogen) atoms. The van der Waals surface area contributed by atoms with E-state index in [0.29, 0.717) is 24.5 Å². The maximum atomic E-state index is 12.4. The molecule has 0 aromatic heterocycles. The quantitative estimate of drug-likeness (QED) is 0.512. The Bertz CT molecular complexity index is 738. The van der Waals surface area contributed by atoms with E-state index < -0.39 is 0 Å². The minimum absolute atomic E-state index is 0.231. The zero-order valence-electron chi connectivity index (χ0n) is 16.4. The van der Waals surface area contributed by atoms with Crippen LogP contribution in [-0.4, -0.2) is 34.7 Å². The van der Waals surface area contributed by atoms with Crippen molar-refractivity contribution in [1.29, 1.82) is 0 Å². The highest BCUT2D eigenvalue weighted by molar-refractivity contribution is 7.99. The molecule has 2 aliphatic rings. The molecule has 2 aromatic carbocycles. The van der Waals surface area contributed by atoms with E-state index in [1.54, 1.807) is 0 Å². The van der Waals surface area contributed by atoms with Crippen molar-refractivity contribution in [2.75, 3.05) is 5.75 Å². The molecule has 2 aliphatic heterocycles. The molecule has 2 atom stereocenters. The molecule has 2 unspecified atom stereocenters. The summed E-state index contributed by atoms with van der Waals surface area (Å²) in [6, 6.07) is 22.8. The van der Waals surface area contributed by atoms with E-state index in [1.807, 2.05) is 17.8 Å². The molecule has 0 spiro atoms. The first-order valence-electron chi connectivity index (χ1n) is 10.5. The summed E-state index contributed by atoms with van der Waals surface area (Å²) in [4.78, 5) is 16.4. The lowest BCUT2D eigenvalue weighted by molar-refractivity contribution is -0.122. The standard InChI is InChI=1S/C24H30N2OS/c27-24(12-7-15-28-23-10-5-2-6-11-23)25-20-16-21-13-14-22(17-20)26(21)18-19-8-3-1-4-9-19/h1-6,8-11,20-22H,7,12-18H2,(H,25,27). The molecule has 4 heteroatoms. The molecule has 2 aromatic rings. The summed E-state index contributed by atoms with van der Waals surface area (Å²) in [6.07, 6.45) is 6.33. The largest absolute Gasteiger partial charge is 0.353 e. The van der Waals surface area contributed by atoms with Gasteiger partial charge in [0.05, 0.1) is 0 Å². The van der Waals surface area contributed by atoms with Crippen molar-refractivity contribution in [2.45, 2.75) is 68.1 Å². The van der Waals surface area contributed by atoms with Crippen LogP contribution in [-0.2, 0) is 11.3 Å². The normalized spacial score (nSPS) is 24.2. The van der Waals surface area contributed by atoms with E-state index in [4.69, 9.17) is 0 Å². The summed E-state index contributed by atoms with van der Waals surface area (Å²) in [5, 5.41) is 3.33. The number of fused-ring (bicyclic) bond motifs is 2. The average Bonchev–Trinajstić information content (AvgIpc) is 2.95. The number of benzene rings is 2. The van der Waals surface area contributed by atoms with Gasteiger partial charge in [0.1, 0.15) is 0 Å². The highest BCUT2D eigenvalue weighted by Gasteiger charge is 2.40. The average molecular weight is 395 g/mol. The van der Waals surface area contributed by atoms with Crippen molar-refractivity contribution in [3.05, 3.63) is 66.2 Å². The molecule has 2 bridgehead atoms.